The lowest BCUT2D eigenvalue weighted by molar-refractivity contribution is -0.139. The zero-order chi connectivity index (χ0) is 22.9. The zero-order valence-electron chi connectivity index (χ0n) is 18.3. The lowest BCUT2D eigenvalue weighted by atomic mass is 9.94. The Hall–Kier alpha value is -2.69. The van der Waals surface area contributed by atoms with E-state index in [0.29, 0.717) is 10.8 Å². The third-order valence-corrected chi connectivity index (χ3v) is 6.51. The Bertz CT molecular complexity index is 1060. The molecule has 0 unspecified atom stereocenters. The minimum atomic E-state index is -1.02. The lowest BCUT2D eigenvalue weighted by Crippen LogP contribution is -2.09. The first kappa shape index (κ1) is 24.0. The van der Waals surface area contributed by atoms with E-state index in [9.17, 15) is 4.79 Å². The molecule has 0 saturated heterocycles. The van der Waals surface area contributed by atoms with Gasteiger partial charge in [0.2, 0.25) is 0 Å². The van der Waals surface area contributed by atoms with E-state index in [1.807, 2.05) is 6.07 Å². The Morgan fingerprint density at radius 2 is 1.59 bits per heavy atom. The molecule has 1 N–H and O–H groups in total. The molecule has 32 heavy (non-hydrogen) atoms. The summed E-state index contributed by atoms with van der Waals surface area (Å²) < 4.78 is 5.20. The fourth-order valence-corrected chi connectivity index (χ4v) is 4.49. The van der Waals surface area contributed by atoms with Gasteiger partial charge in [0.25, 0.3) is 0 Å². The van der Waals surface area contributed by atoms with Crippen molar-refractivity contribution < 1.29 is 14.6 Å². The van der Waals surface area contributed by atoms with Crippen LogP contribution in [-0.2, 0) is 17.6 Å². The van der Waals surface area contributed by atoms with Crippen molar-refractivity contribution in [1.29, 1.82) is 0 Å². The normalized spacial score (nSPS) is 10.6. The highest BCUT2D eigenvalue weighted by molar-refractivity contribution is 7.99. The predicted octanol–water partition coefficient (Wildman–Crippen LogP) is 7.15. The smallest absolute Gasteiger partial charge is 0.341 e. The third-order valence-electron chi connectivity index (χ3n) is 5.08. The van der Waals surface area contributed by atoms with Gasteiger partial charge in [0, 0.05) is 10.6 Å². The predicted molar refractivity (Wildman–Crippen MR) is 134 cm³/mol. The first-order valence-corrected chi connectivity index (χ1v) is 12.0. The van der Waals surface area contributed by atoms with E-state index < -0.39 is 5.97 Å². The highest BCUT2D eigenvalue weighted by atomic mass is 35.5. The number of carboxylic acids is 1. The molecule has 3 aromatic rings. The maximum atomic E-state index is 10.7. The summed E-state index contributed by atoms with van der Waals surface area (Å²) in [4.78, 5) is 11.6. The van der Waals surface area contributed by atoms with Gasteiger partial charge in [0.05, 0.1) is 5.02 Å². The molecule has 0 spiro atoms. The van der Waals surface area contributed by atoms with Crippen LogP contribution in [0.15, 0.2) is 77.7 Å². The second-order valence-electron chi connectivity index (χ2n) is 7.31. The van der Waals surface area contributed by atoms with Crippen LogP contribution >= 0.6 is 23.4 Å². The molecule has 3 rings (SSSR count). The van der Waals surface area contributed by atoms with Gasteiger partial charge in [0.1, 0.15) is 5.75 Å². The maximum Gasteiger partial charge on any atom is 0.341 e. The molecule has 0 aromatic heterocycles. The van der Waals surface area contributed by atoms with E-state index >= 15 is 0 Å². The Morgan fingerprint density at radius 1 is 0.969 bits per heavy atom. The van der Waals surface area contributed by atoms with Crippen molar-refractivity contribution >= 4 is 34.9 Å². The van der Waals surface area contributed by atoms with Gasteiger partial charge in [-0.1, -0.05) is 80.1 Å². The molecule has 0 saturated carbocycles. The SMILES string of the molecule is CCc1cccc(C(=CCSc2ccc(OCC(=O)O)cc2Cl)c2cccc(CC)c2)c1. The van der Waals surface area contributed by atoms with E-state index in [-0.39, 0.29) is 6.61 Å². The third kappa shape index (κ3) is 6.65. The van der Waals surface area contributed by atoms with Crippen molar-refractivity contribution in [1.82, 2.24) is 0 Å². The number of rotatable bonds is 10. The fraction of sp³-hybridized carbons (Fsp3) is 0.222. The van der Waals surface area contributed by atoms with Crippen molar-refractivity contribution in [3.05, 3.63) is 100 Å². The van der Waals surface area contributed by atoms with E-state index in [4.69, 9.17) is 21.4 Å². The summed E-state index contributed by atoms with van der Waals surface area (Å²) in [6.45, 7) is 3.95. The van der Waals surface area contributed by atoms with Gasteiger partial charge >= 0.3 is 5.97 Å². The van der Waals surface area contributed by atoms with Crippen LogP contribution in [0.1, 0.15) is 36.1 Å². The number of thioether (sulfide) groups is 1. The number of carboxylic acid groups (broad SMARTS) is 1. The number of halogens is 1. The summed E-state index contributed by atoms with van der Waals surface area (Å²) in [5.74, 6) is 0.180. The summed E-state index contributed by atoms with van der Waals surface area (Å²) in [6, 6.07) is 22.7. The second-order valence-corrected chi connectivity index (χ2v) is 8.78. The summed E-state index contributed by atoms with van der Waals surface area (Å²) in [7, 11) is 0. The van der Waals surface area contributed by atoms with Crippen LogP contribution in [0.5, 0.6) is 5.75 Å². The molecule has 0 heterocycles. The Labute approximate surface area is 199 Å². The van der Waals surface area contributed by atoms with Gasteiger partial charge in [-0.15, -0.1) is 11.8 Å². The minimum Gasteiger partial charge on any atom is -0.482 e. The highest BCUT2D eigenvalue weighted by Crippen LogP contribution is 2.32. The molecule has 166 valence electrons. The lowest BCUT2D eigenvalue weighted by Gasteiger charge is -2.12. The number of aryl methyl sites for hydroxylation is 2. The van der Waals surface area contributed by atoms with Crippen LogP contribution in [0.3, 0.4) is 0 Å². The molecule has 3 nitrogen and oxygen atoms in total. The summed E-state index contributed by atoms with van der Waals surface area (Å²) >= 11 is 8.04. The number of hydrogen-bond acceptors (Lipinski definition) is 3. The quantitative estimate of drug-likeness (QED) is 0.322. The molecule has 0 bridgehead atoms. The molecular formula is C27H27ClO3S. The number of ether oxygens (including phenoxy) is 1. The first-order valence-electron chi connectivity index (χ1n) is 10.7. The number of hydrogen-bond donors (Lipinski definition) is 1. The highest BCUT2D eigenvalue weighted by Gasteiger charge is 2.09. The van der Waals surface area contributed by atoms with Crippen molar-refractivity contribution in [3.63, 3.8) is 0 Å². The Balaban J connectivity index is 1.84. The number of carbonyl (C=O) groups is 1. The van der Waals surface area contributed by atoms with Crippen LogP contribution < -0.4 is 4.74 Å². The summed E-state index contributed by atoms with van der Waals surface area (Å²) in [5.41, 5.74) is 6.25. The topological polar surface area (TPSA) is 46.5 Å². The monoisotopic (exact) mass is 466 g/mol. The van der Waals surface area contributed by atoms with Gasteiger partial charge in [-0.2, -0.15) is 0 Å². The van der Waals surface area contributed by atoms with Crippen LogP contribution in [-0.4, -0.2) is 23.4 Å². The van der Waals surface area contributed by atoms with Gasteiger partial charge in [0.15, 0.2) is 6.61 Å². The van der Waals surface area contributed by atoms with E-state index in [0.717, 1.165) is 23.5 Å². The minimum absolute atomic E-state index is 0.386. The number of aliphatic carboxylic acids is 1. The van der Waals surface area contributed by atoms with Crippen LogP contribution in [0, 0.1) is 0 Å². The van der Waals surface area contributed by atoms with Crippen molar-refractivity contribution in [2.75, 3.05) is 12.4 Å². The molecule has 0 aliphatic carbocycles. The van der Waals surface area contributed by atoms with Crippen LogP contribution in [0.25, 0.3) is 5.57 Å². The van der Waals surface area contributed by atoms with Crippen LogP contribution in [0.2, 0.25) is 5.02 Å². The Morgan fingerprint density at radius 3 is 2.12 bits per heavy atom. The van der Waals surface area contributed by atoms with E-state index in [2.05, 4.69) is 68.5 Å². The molecule has 0 aliphatic rings. The van der Waals surface area contributed by atoms with Gasteiger partial charge in [-0.25, -0.2) is 4.79 Å². The van der Waals surface area contributed by atoms with Crippen LogP contribution in [0.4, 0.5) is 0 Å². The Kier molecular flexibility index (Phi) is 8.83. The molecule has 0 aliphatic heterocycles. The molecule has 5 heteroatoms. The molecule has 0 fully saturated rings. The first-order chi connectivity index (χ1) is 15.5. The standard InChI is InChI=1S/C27H27ClO3S/c1-3-19-7-5-9-21(15-19)24(22-10-6-8-20(4-2)16-22)13-14-32-26-12-11-23(17-25(26)28)31-18-27(29)30/h5-13,15-17H,3-4,14,18H2,1-2H3,(H,29,30). The van der Waals surface area contributed by atoms with E-state index in [1.54, 1.807) is 23.9 Å². The molecule has 0 radical (unpaired) electrons. The largest absolute Gasteiger partial charge is 0.482 e. The molecule has 3 aromatic carbocycles. The fourth-order valence-electron chi connectivity index (χ4n) is 3.37. The zero-order valence-corrected chi connectivity index (χ0v) is 19.9. The van der Waals surface area contributed by atoms with Crippen molar-refractivity contribution in [2.24, 2.45) is 0 Å². The molecular weight excluding hydrogens is 440 g/mol. The maximum absolute atomic E-state index is 10.7. The van der Waals surface area contributed by atoms with E-state index in [1.165, 1.54) is 27.8 Å². The van der Waals surface area contributed by atoms with Gasteiger partial charge in [-0.3, -0.25) is 0 Å². The van der Waals surface area contributed by atoms with Gasteiger partial charge < -0.3 is 9.84 Å². The van der Waals surface area contributed by atoms with Crippen molar-refractivity contribution in [3.8, 4) is 5.75 Å². The molecule has 0 atom stereocenters. The van der Waals surface area contributed by atoms with Gasteiger partial charge in [-0.05, 0) is 58.9 Å². The average Bonchev–Trinajstić information content (AvgIpc) is 2.81. The average molecular weight is 467 g/mol. The molecule has 0 amide bonds. The summed E-state index contributed by atoms with van der Waals surface area (Å²) in [5, 5.41) is 9.30. The second kappa shape index (κ2) is 11.8. The summed E-state index contributed by atoms with van der Waals surface area (Å²) in [6.07, 6.45) is 4.24. The number of benzene rings is 3. The van der Waals surface area contributed by atoms with Crippen molar-refractivity contribution in [2.45, 2.75) is 31.6 Å².